The second-order valence-corrected chi connectivity index (χ2v) is 10.0. The molecule has 34 heavy (non-hydrogen) atoms. The fraction of sp³-hybridized carbons (Fsp3) is 0.929. The van der Waals surface area contributed by atoms with Gasteiger partial charge in [0, 0.05) is 12.8 Å². The van der Waals surface area contributed by atoms with Crippen LogP contribution < -0.4 is 0 Å². The van der Waals surface area contributed by atoms with E-state index in [0.29, 0.717) is 12.8 Å². The summed E-state index contributed by atoms with van der Waals surface area (Å²) in [7, 11) is 0. The summed E-state index contributed by atoms with van der Waals surface area (Å²) in [5, 5.41) is 41.1. The van der Waals surface area contributed by atoms with Crippen LogP contribution >= 0.6 is 0 Å². The molecule has 0 amide bonds. The Morgan fingerprint density at radius 1 is 0.471 bits per heavy atom. The first-order chi connectivity index (χ1) is 16.3. The van der Waals surface area contributed by atoms with Crippen molar-refractivity contribution in [3.63, 3.8) is 0 Å². The predicted octanol–water partition coefficient (Wildman–Crippen LogP) is 5.41. The maximum absolute atomic E-state index is 12.7. The lowest BCUT2D eigenvalue weighted by Crippen LogP contribution is -2.67. The van der Waals surface area contributed by atoms with Crippen LogP contribution in [0, 0.1) is 0 Å². The first-order valence-electron chi connectivity index (χ1n) is 14.1. The second kappa shape index (κ2) is 20.4. The third-order valence-electron chi connectivity index (χ3n) is 7.08. The van der Waals surface area contributed by atoms with Gasteiger partial charge in [-0.3, -0.25) is 9.59 Å². The minimum absolute atomic E-state index is 0.0412. The lowest BCUT2D eigenvalue weighted by molar-refractivity contribution is -0.198. The molecule has 0 spiro atoms. The zero-order chi connectivity index (χ0) is 25.7. The van der Waals surface area contributed by atoms with E-state index in [1.807, 2.05) is 0 Å². The molecule has 0 unspecified atom stereocenters. The highest BCUT2D eigenvalue weighted by atomic mass is 16.4. The average Bonchev–Trinajstić information content (AvgIpc) is 2.85. The molecule has 0 saturated heterocycles. The maximum Gasteiger partial charge on any atom is 0.184 e. The third kappa shape index (κ3) is 12.2. The SMILES string of the molecule is CCCCCCCCCCCC(=O)[C@](O)(CO)[C@](O)(CO)C(=O)CCCCCCCCCCC. The van der Waals surface area contributed by atoms with Gasteiger partial charge in [0.15, 0.2) is 22.8 Å². The Bertz CT molecular complexity index is 477. The predicted molar refractivity (Wildman–Crippen MR) is 138 cm³/mol. The smallest absolute Gasteiger partial charge is 0.184 e. The van der Waals surface area contributed by atoms with E-state index in [0.717, 1.165) is 38.5 Å². The van der Waals surface area contributed by atoms with Crippen LogP contribution in [0.4, 0.5) is 0 Å². The molecule has 0 aliphatic carbocycles. The molecule has 0 aromatic heterocycles. The van der Waals surface area contributed by atoms with Crippen LogP contribution in [0.25, 0.3) is 0 Å². The molecule has 0 aliphatic rings. The molecule has 0 aromatic rings. The number of hydrogen-bond acceptors (Lipinski definition) is 6. The molecule has 6 nitrogen and oxygen atoms in total. The first kappa shape index (κ1) is 33.2. The molecule has 2 atom stereocenters. The van der Waals surface area contributed by atoms with E-state index in [9.17, 15) is 30.0 Å². The lowest BCUT2D eigenvalue weighted by atomic mass is 9.75. The first-order valence-corrected chi connectivity index (χ1v) is 14.1. The molecule has 6 heteroatoms. The van der Waals surface area contributed by atoms with Gasteiger partial charge >= 0.3 is 0 Å². The largest absolute Gasteiger partial charge is 0.393 e. The minimum Gasteiger partial charge on any atom is -0.393 e. The summed E-state index contributed by atoms with van der Waals surface area (Å²) in [6.45, 7) is 2.19. The number of unbranched alkanes of at least 4 members (excludes halogenated alkanes) is 16. The number of aliphatic hydroxyl groups is 4. The van der Waals surface area contributed by atoms with Gasteiger partial charge < -0.3 is 20.4 Å². The van der Waals surface area contributed by atoms with Crippen molar-refractivity contribution in [1.29, 1.82) is 0 Å². The summed E-state index contributed by atoms with van der Waals surface area (Å²) < 4.78 is 0. The Balaban J connectivity index is 4.44. The van der Waals surface area contributed by atoms with E-state index in [2.05, 4.69) is 13.8 Å². The van der Waals surface area contributed by atoms with E-state index < -0.39 is 36.0 Å². The van der Waals surface area contributed by atoms with Gasteiger partial charge in [-0.1, -0.05) is 117 Å². The summed E-state index contributed by atoms with van der Waals surface area (Å²) in [6.07, 6.45) is 19.0. The quantitative estimate of drug-likeness (QED) is 0.128. The molecule has 0 saturated carbocycles. The van der Waals surface area contributed by atoms with Crippen molar-refractivity contribution in [2.45, 2.75) is 153 Å². The number of ketones is 2. The molecule has 0 fully saturated rings. The summed E-state index contributed by atoms with van der Waals surface area (Å²) in [5.41, 5.74) is -5.34. The van der Waals surface area contributed by atoms with Crippen molar-refractivity contribution in [2.75, 3.05) is 13.2 Å². The highest BCUT2D eigenvalue weighted by molar-refractivity contribution is 5.99. The normalized spacial score (nSPS) is 15.1. The molecular formula is C28H54O6. The van der Waals surface area contributed by atoms with Crippen LogP contribution in [0.3, 0.4) is 0 Å². The van der Waals surface area contributed by atoms with Gasteiger partial charge in [-0.25, -0.2) is 0 Å². The van der Waals surface area contributed by atoms with Crippen LogP contribution in [-0.2, 0) is 9.59 Å². The van der Waals surface area contributed by atoms with Gasteiger partial charge in [-0.15, -0.1) is 0 Å². The van der Waals surface area contributed by atoms with Gasteiger partial charge in [0.1, 0.15) is 0 Å². The summed E-state index contributed by atoms with van der Waals surface area (Å²) in [6, 6.07) is 0. The van der Waals surface area contributed by atoms with E-state index in [1.165, 1.54) is 64.2 Å². The zero-order valence-electron chi connectivity index (χ0n) is 22.2. The average molecular weight is 487 g/mol. The Kier molecular flexibility index (Phi) is 19.9. The molecule has 0 radical (unpaired) electrons. The number of carbonyl (C=O) groups is 2. The fourth-order valence-corrected chi connectivity index (χ4v) is 4.51. The molecule has 0 bridgehead atoms. The van der Waals surface area contributed by atoms with E-state index in [-0.39, 0.29) is 12.8 Å². The fourth-order valence-electron chi connectivity index (χ4n) is 4.51. The lowest BCUT2D eigenvalue weighted by Gasteiger charge is -2.39. The Morgan fingerprint density at radius 3 is 0.941 bits per heavy atom. The standard InChI is InChI=1S/C28H54O6/c1-3-5-7-9-11-13-15-17-19-21-25(31)27(33,23-29)28(34,24-30)26(32)22-20-18-16-14-12-10-8-6-4-2/h29-30,33-34H,3-24H2,1-2H3/t27-,28+. The van der Waals surface area contributed by atoms with Crippen molar-refractivity contribution >= 4 is 11.6 Å². The molecule has 0 rings (SSSR count). The van der Waals surface area contributed by atoms with Gasteiger partial charge in [0.25, 0.3) is 0 Å². The molecule has 0 aromatic carbocycles. The van der Waals surface area contributed by atoms with Gasteiger partial charge in [-0.2, -0.15) is 0 Å². The van der Waals surface area contributed by atoms with Crippen molar-refractivity contribution < 1.29 is 30.0 Å². The molecule has 4 N–H and O–H groups in total. The maximum atomic E-state index is 12.7. The highest BCUT2D eigenvalue weighted by Gasteiger charge is 2.57. The van der Waals surface area contributed by atoms with E-state index in [1.54, 1.807) is 0 Å². The Hall–Kier alpha value is -0.820. The summed E-state index contributed by atoms with van der Waals surface area (Å²) >= 11 is 0. The number of Topliss-reactive ketones (excluding diaryl/α,β-unsaturated/α-hetero) is 2. The van der Waals surface area contributed by atoms with Crippen molar-refractivity contribution in [3.05, 3.63) is 0 Å². The topological polar surface area (TPSA) is 115 Å². The Labute approximate surface area is 208 Å². The number of aliphatic hydroxyl groups excluding tert-OH is 2. The minimum atomic E-state index is -2.67. The van der Waals surface area contributed by atoms with Crippen molar-refractivity contribution in [3.8, 4) is 0 Å². The van der Waals surface area contributed by atoms with Gasteiger partial charge in [0.05, 0.1) is 13.2 Å². The van der Waals surface area contributed by atoms with Crippen LogP contribution in [0.5, 0.6) is 0 Å². The van der Waals surface area contributed by atoms with Gasteiger partial charge in [-0.05, 0) is 12.8 Å². The third-order valence-corrected chi connectivity index (χ3v) is 7.08. The monoisotopic (exact) mass is 486 g/mol. The molecule has 0 heterocycles. The van der Waals surface area contributed by atoms with Gasteiger partial charge in [0.2, 0.25) is 0 Å². The molecule has 0 aliphatic heterocycles. The number of carbonyl (C=O) groups excluding carboxylic acids is 2. The molecular weight excluding hydrogens is 432 g/mol. The van der Waals surface area contributed by atoms with Crippen LogP contribution in [0.15, 0.2) is 0 Å². The Morgan fingerprint density at radius 2 is 0.706 bits per heavy atom. The zero-order valence-corrected chi connectivity index (χ0v) is 22.2. The molecule has 202 valence electrons. The number of hydrogen-bond donors (Lipinski definition) is 4. The van der Waals surface area contributed by atoms with E-state index >= 15 is 0 Å². The van der Waals surface area contributed by atoms with Crippen LogP contribution in [0.1, 0.15) is 142 Å². The van der Waals surface area contributed by atoms with E-state index in [4.69, 9.17) is 0 Å². The summed E-state index contributed by atoms with van der Waals surface area (Å²) in [5.74, 6) is -1.56. The van der Waals surface area contributed by atoms with Crippen LogP contribution in [0.2, 0.25) is 0 Å². The van der Waals surface area contributed by atoms with Crippen molar-refractivity contribution in [2.24, 2.45) is 0 Å². The second-order valence-electron chi connectivity index (χ2n) is 10.0. The summed E-state index contributed by atoms with van der Waals surface area (Å²) in [4.78, 5) is 25.4. The van der Waals surface area contributed by atoms with Crippen LogP contribution in [-0.4, -0.2) is 56.4 Å². The number of rotatable bonds is 25. The van der Waals surface area contributed by atoms with Crippen molar-refractivity contribution in [1.82, 2.24) is 0 Å². The highest BCUT2D eigenvalue weighted by Crippen LogP contribution is 2.29.